The lowest BCUT2D eigenvalue weighted by atomic mass is 10.2. The van der Waals surface area contributed by atoms with Gasteiger partial charge < -0.3 is 15.4 Å². The van der Waals surface area contributed by atoms with E-state index >= 15 is 0 Å². The first kappa shape index (κ1) is 13.9. The second kappa shape index (κ2) is 7.14. The molecule has 1 fully saturated rings. The van der Waals surface area contributed by atoms with Gasteiger partial charge in [0.1, 0.15) is 0 Å². The van der Waals surface area contributed by atoms with Gasteiger partial charge in [-0.05, 0) is 37.1 Å². The van der Waals surface area contributed by atoms with Gasteiger partial charge in [0.15, 0.2) is 0 Å². The minimum absolute atomic E-state index is 0.0438. The number of nitrogens with one attached hydrogen (secondary N) is 2. The minimum Gasteiger partial charge on any atom is -0.388 e. The number of rotatable bonds is 6. The number of anilines is 1. The molecule has 1 aromatic carbocycles. The summed E-state index contributed by atoms with van der Waals surface area (Å²) < 4.78 is 5.70. The Balaban J connectivity index is 1.68. The van der Waals surface area contributed by atoms with E-state index < -0.39 is 0 Å². The van der Waals surface area contributed by atoms with Crippen LogP contribution in [0.15, 0.2) is 24.3 Å². The van der Waals surface area contributed by atoms with Gasteiger partial charge in [0, 0.05) is 24.8 Å². The van der Waals surface area contributed by atoms with Crippen molar-refractivity contribution in [1.82, 2.24) is 5.32 Å². The van der Waals surface area contributed by atoms with Crippen molar-refractivity contribution in [2.24, 2.45) is 0 Å². The zero-order chi connectivity index (χ0) is 13.5. The molecule has 2 N–H and O–H groups in total. The van der Waals surface area contributed by atoms with Crippen molar-refractivity contribution in [2.75, 3.05) is 25.5 Å². The lowest BCUT2D eigenvalue weighted by Crippen LogP contribution is -2.28. The molecule has 1 aliphatic rings. The van der Waals surface area contributed by atoms with E-state index in [2.05, 4.69) is 10.6 Å². The summed E-state index contributed by atoms with van der Waals surface area (Å²) in [7, 11) is 1.86. The highest BCUT2D eigenvalue weighted by atomic mass is 16.5. The molecule has 1 aliphatic carbocycles. The van der Waals surface area contributed by atoms with Crippen LogP contribution in [0.4, 0.5) is 5.69 Å². The van der Waals surface area contributed by atoms with Crippen molar-refractivity contribution in [3.8, 4) is 0 Å². The Morgan fingerprint density at radius 1 is 1.26 bits per heavy atom. The molecular weight excluding hydrogens is 240 g/mol. The standard InChI is InChI=1S/C15H22N2O2/c1-16-13-8-6-12(7-9-13)15(18)17-10-11-19-14-4-2-3-5-14/h6-9,14,16H,2-5,10-11H2,1H3,(H,17,18). The molecule has 104 valence electrons. The van der Waals surface area contributed by atoms with E-state index in [4.69, 9.17) is 4.74 Å². The summed E-state index contributed by atoms with van der Waals surface area (Å²) in [5.41, 5.74) is 1.68. The summed E-state index contributed by atoms with van der Waals surface area (Å²) in [4.78, 5) is 11.9. The van der Waals surface area contributed by atoms with Crippen molar-refractivity contribution < 1.29 is 9.53 Å². The van der Waals surface area contributed by atoms with Gasteiger partial charge in [-0.3, -0.25) is 4.79 Å². The zero-order valence-corrected chi connectivity index (χ0v) is 11.4. The second-order valence-corrected chi connectivity index (χ2v) is 4.86. The number of ether oxygens (including phenoxy) is 1. The lowest BCUT2D eigenvalue weighted by molar-refractivity contribution is 0.0582. The summed E-state index contributed by atoms with van der Waals surface area (Å²) in [5, 5.41) is 5.90. The van der Waals surface area contributed by atoms with Crippen molar-refractivity contribution >= 4 is 11.6 Å². The molecule has 0 spiro atoms. The summed E-state index contributed by atoms with van der Waals surface area (Å²) in [6.45, 7) is 1.17. The first-order chi connectivity index (χ1) is 9.29. The molecule has 1 amide bonds. The summed E-state index contributed by atoms with van der Waals surface area (Å²) in [6.07, 6.45) is 5.29. The first-order valence-corrected chi connectivity index (χ1v) is 6.97. The molecule has 0 bridgehead atoms. The van der Waals surface area contributed by atoms with Crippen molar-refractivity contribution in [3.05, 3.63) is 29.8 Å². The number of hydrogen-bond donors (Lipinski definition) is 2. The predicted octanol–water partition coefficient (Wildman–Crippen LogP) is 2.42. The quantitative estimate of drug-likeness (QED) is 0.774. The molecule has 0 aliphatic heterocycles. The molecule has 1 aromatic rings. The van der Waals surface area contributed by atoms with Crippen LogP contribution in [0, 0.1) is 0 Å². The maximum absolute atomic E-state index is 11.9. The van der Waals surface area contributed by atoms with Crippen LogP contribution in [0.2, 0.25) is 0 Å². The van der Waals surface area contributed by atoms with Gasteiger partial charge in [-0.2, -0.15) is 0 Å². The van der Waals surface area contributed by atoms with Crippen LogP contribution in [0.25, 0.3) is 0 Å². The third-order valence-electron chi connectivity index (χ3n) is 3.48. The van der Waals surface area contributed by atoms with E-state index in [1.54, 1.807) is 0 Å². The van der Waals surface area contributed by atoms with Crippen molar-refractivity contribution in [1.29, 1.82) is 0 Å². The van der Waals surface area contributed by atoms with Crippen LogP contribution in [0.5, 0.6) is 0 Å². The number of carbonyl (C=O) groups is 1. The van der Waals surface area contributed by atoms with Gasteiger partial charge in [0.05, 0.1) is 12.7 Å². The van der Waals surface area contributed by atoms with Gasteiger partial charge in [-0.1, -0.05) is 12.8 Å². The average molecular weight is 262 g/mol. The van der Waals surface area contributed by atoms with E-state index in [0.717, 1.165) is 5.69 Å². The Bertz CT molecular complexity index is 397. The Labute approximate surface area is 114 Å². The van der Waals surface area contributed by atoms with E-state index in [1.807, 2.05) is 31.3 Å². The van der Waals surface area contributed by atoms with Crippen LogP contribution in [-0.4, -0.2) is 32.2 Å². The van der Waals surface area contributed by atoms with Crippen LogP contribution in [-0.2, 0) is 4.74 Å². The number of amides is 1. The van der Waals surface area contributed by atoms with E-state index in [0.29, 0.717) is 24.8 Å². The largest absolute Gasteiger partial charge is 0.388 e. The third kappa shape index (κ3) is 4.24. The molecule has 4 nitrogen and oxygen atoms in total. The maximum Gasteiger partial charge on any atom is 0.251 e. The summed E-state index contributed by atoms with van der Waals surface area (Å²) in [6, 6.07) is 7.42. The predicted molar refractivity (Wildman–Crippen MR) is 76.5 cm³/mol. The lowest BCUT2D eigenvalue weighted by Gasteiger charge is -2.11. The molecule has 0 saturated heterocycles. The van der Waals surface area contributed by atoms with Crippen LogP contribution < -0.4 is 10.6 Å². The molecule has 2 rings (SSSR count). The second-order valence-electron chi connectivity index (χ2n) is 4.86. The fourth-order valence-corrected chi connectivity index (χ4v) is 2.34. The van der Waals surface area contributed by atoms with Gasteiger partial charge in [-0.15, -0.1) is 0 Å². The molecule has 0 atom stereocenters. The Kier molecular flexibility index (Phi) is 5.21. The van der Waals surface area contributed by atoms with Gasteiger partial charge in [0.2, 0.25) is 0 Å². The SMILES string of the molecule is CNc1ccc(C(=O)NCCOC2CCCC2)cc1. The molecule has 1 saturated carbocycles. The maximum atomic E-state index is 11.9. The minimum atomic E-state index is -0.0438. The molecule has 19 heavy (non-hydrogen) atoms. The van der Waals surface area contributed by atoms with Gasteiger partial charge in [0.25, 0.3) is 5.91 Å². The highest BCUT2D eigenvalue weighted by Gasteiger charge is 2.14. The fraction of sp³-hybridized carbons (Fsp3) is 0.533. The summed E-state index contributed by atoms with van der Waals surface area (Å²) >= 11 is 0. The Hall–Kier alpha value is -1.55. The average Bonchev–Trinajstić information content (AvgIpc) is 2.96. The third-order valence-corrected chi connectivity index (χ3v) is 3.48. The fourth-order valence-electron chi connectivity index (χ4n) is 2.34. The highest BCUT2D eigenvalue weighted by Crippen LogP contribution is 2.20. The monoisotopic (exact) mass is 262 g/mol. The topological polar surface area (TPSA) is 50.4 Å². The molecule has 4 heteroatoms. The van der Waals surface area contributed by atoms with Crippen LogP contribution in [0.1, 0.15) is 36.0 Å². The van der Waals surface area contributed by atoms with Crippen LogP contribution in [0.3, 0.4) is 0 Å². The molecular formula is C15H22N2O2. The zero-order valence-electron chi connectivity index (χ0n) is 11.4. The number of benzene rings is 1. The first-order valence-electron chi connectivity index (χ1n) is 6.97. The Morgan fingerprint density at radius 2 is 1.95 bits per heavy atom. The molecule has 0 aromatic heterocycles. The van der Waals surface area contributed by atoms with Gasteiger partial charge in [-0.25, -0.2) is 0 Å². The Morgan fingerprint density at radius 3 is 2.58 bits per heavy atom. The van der Waals surface area contributed by atoms with E-state index in [-0.39, 0.29) is 5.91 Å². The van der Waals surface area contributed by atoms with E-state index in [1.165, 1.54) is 25.7 Å². The van der Waals surface area contributed by atoms with Crippen molar-refractivity contribution in [3.63, 3.8) is 0 Å². The van der Waals surface area contributed by atoms with Gasteiger partial charge >= 0.3 is 0 Å². The molecule has 0 unspecified atom stereocenters. The van der Waals surface area contributed by atoms with Crippen molar-refractivity contribution in [2.45, 2.75) is 31.8 Å². The summed E-state index contributed by atoms with van der Waals surface area (Å²) in [5.74, 6) is -0.0438. The highest BCUT2D eigenvalue weighted by molar-refractivity contribution is 5.94. The number of hydrogen-bond acceptors (Lipinski definition) is 3. The molecule has 0 heterocycles. The number of carbonyl (C=O) groups excluding carboxylic acids is 1. The molecule has 0 radical (unpaired) electrons. The van der Waals surface area contributed by atoms with E-state index in [9.17, 15) is 4.79 Å². The normalized spacial score (nSPS) is 15.4. The van der Waals surface area contributed by atoms with Crippen LogP contribution >= 0.6 is 0 Å². The smallest absolute Gasteiger partial charge is 0.251 e.